The number of rotatable bonds is 6. The van der Waals surface area contributed by atoms with Gasteiger partial charge in [-0.1, -0.05) is 24.0 Å². The smallest absolute Gasteiger partial charge is 0.269 e. The van der Waals surface area contributed by atoms with E-state index in [1.165, 1.54) is 11.1 Å². The molecule has 0 saturated carbocycles. The van der Waals surface area contributed by atoms with E-state index in [1.807, 2.05) is 13.8 Å². The van der Waals surface area contributed by atoms with E-state index in [0.29, 0.717) is 35.7 Å². The lowest BCUT2D eigenvalue weighted by Crippen LogP contribution is -2.37. The maximum atomic E-state index is 12.1. The molecule has 1 aliphatic rings. The van der Waals surface area contributed by atoms with Crippen LogP contribution in [0, 0.1) is 11.8 Å². The van der Waals surface area contributed by atoms with E-state index in [4.69, 9.17) is 10.5 Å². The number of aliphatic hydroxyl groups is 1. The summed E-state index contributed by atoms with van der Waals surface area (Å²) >= 11 is 0. The van der Waals surface area contributed by atoms with Gasteiger partial charge in [0.2, 0.25) is 5.60 Å². The molecule has 1 fully saturated rings. The maximum absolute atomic E-state index is 12.1. The average Bonchev–Trinajstić information content (AvgIpc) is 3.04. The van der Waals surface area contributed by atoms with Crippen molar-refractivity contribution >= 4 is 17.5 Å². The summed E-state index contributed by atoms with van der Waals surface area (Å²) in [5.74, 6) is 4.75. The van der Waals surface area contributed by atoms with Crippen molar-refractivity contribution in [2.75, 3.05) is 32.6 Å². The standard InChI is InChI=1S/C23H27N5O4/c1-22(2,32-4)14-26-17-13-25-20(27-18(17)19(24)29)16-7-5-6-15(12-16)8-9-23(31)10-11-28(3)21(23)30/h5-7,12-13,26,31H,10-11,14H2,1-4H3,(H2,24,29). The number of ether oxygens (including phenoxy) is 1. The van der Waals surface area contributed by atoms with E-state index >= 15 is 0 Å². The SMILES string of the molecule is COC(C)(C)CNc1cnc(-c2cccc(C#CC3(O)CCN(C)C3=O)c2)nc1C(N)=O. The van der Waals surface area contributed by atoms with Crippen molar-refractivity contribution in [3.8, 4) is 23.2 Å². The normalized spacial score (nSPS) is 18.3. The summed E-state index contributed by atoms with van der Waals surface area (Å²) in [6, 6.07) is 7.00. The predicted molar refractivity (Wildman–Crippen MR) is 120 cm³/mol. The molecule has 1 aromatic carbocycles. The van der Waals surface area contributed by atoms with Crippen LogP contribution in [0.25, 0.3) is 11.4 Å². The Morgan fingerprint density at radius 2 is 2.19 bits per heavy atom. The van der Waals surface area contributed by atoms with Gasteiger partial charge in [-0.2, -0.15) is 0 Å². The van der Waals surface area contributed by atoms with E-state index in [1.54, 1.807) is 38.4 Å². The van der Waals surface area contributed by atoms with Gasteiger partial charge in [0.15, 0.2) is 11.5 Å². The Morgan fingerprint density at radius 1 is 1.44 bits per heavy atom. The zero-order valence-corrected chi connectivity index (χ0v) is 18.6. The Labute approximate surface area is 187 Å². The second-order valence-corrected chi connectivity index (χ2v) is 8.31. The predicted octanol–water partition coefficient (Wildman–Crippen LogP) is 1.02. The number of nitrogens with two attached hydrogens (primary N) is 1. The molecular formula is C23H27N5O4. The number of amides is 2. The van der Waals surface area contributed by atoms with Crippen LogP contribution in [0.3, 0.4) is 0 Å². The number of primary amides is 1. The number of nitrogens with zero attached hydrogens (tertiary/aromatic N) is 3. The zero-order valence-electron chi connectivity index (χ0n) is 18.6. The Hall–Kier alpha value is -3.48. The van der Waals surface area contributed by atoms with E-state index in [2.05, 4.69) is 27.1 Å². The minimum Gasteiger partial charge on any atom is -0.379 e. The average molecular weight is 438 g/mol. The quantitative estimate of drug-likeness (QED) is 0.575. The summed E-state index contributed by atoms with van der Waals surface area (Å²) in [5, 5.41) is 13.6. The van der Waals surface area contributed by atoms with Gasteiger partial charge in [0, 0.05) is 44.8 Å². The number of anilines is 1. The molecule has 0 spiro atoms. The molecule has 1 saturated heterocycles. The highest BCUT2D eigenvalue weighted by molar-refractivity contribution is 5.96. The summed E-state index contributed by atoms with van der Waals surface area (Å²) in [4.78, 5) is 34.2. The Morgan fingerprint density at radius 3 is 2.81 bits per heavy atom. The highest BCUT2D eigenvalue weighted by Crippen LogP contribution is 2.23. The van der Waals surface area contributed by atoms with Crippen molar-refractivity contribution < 1.29 is 19.4 Å². The fourth-order valence-corrected chi connectivity index (χ4v) is 3.10. The maximum Gasteiger partial charge on any atom is 0.269 e. The molecule has 0 radical (unpaired) electrons. The number of nitrogens with one attached hydrogen (secondary N) is 1. The number of carbonyl (C=O) groups excluding carboxylic acids is 2. The molecule has 9 heteroatoms. The molecule has 4 N–H and O–H groups in total. The van der Waals surface area contributed by atoms with Crippen molar-refractivity contribution in [3.05, 3.63) is 41.7 Å². The van der Waals surface area contributed by atoms with E-state index in [0.717, 1.165) is 0 Å². The highest BCUT2D eigenvalue weighted by atomic mass is 16.5. The summed E-state index contributed by atoms with van der Waals surface area (Å²) in [5.41, 5.74) is 5.06. The van der Waals surface area contributed by atoms with Crippen LogP contribution in [-0.2, 0) is 9.53 Å². The number of aromatic nitrogens is 2. The minimum atomic E-state index is -1.68. The number of hydrogen-bond donors (Lipinski definition) is 3. The number of likely N-dealkylation sites (N-methyl/N-ethyl adjacent to an activating group) is 1. The van der Waals surface area contributed by atoms with Crippen LogP contribution in [-0.4, -0.2) is 70.2 Å². The first-order valence-corrected chi connectivity index (χ1v) is 10.1. The first-order chi connectivity index (χ1) is 15.0. The fraction of sp³-hybridized carbons (Fsp3) is 0.391. The van der Waals surface area contributed by atoms with Crippen LogP contribution in [0.5, 0.6) is 0 Å². The van der Waals surface area contributed by atoms with Crippen LogP contribution in [0.15, 0.2) is 30.5 Å². The Balaban J connectivity index is 1.88. The van der Waals surface area contributed by atoms with Crippen molar-refractivity contribution in [1.29, 1.82) is 0 Å². The molecule has 2 heterocycles. The van der Waals surface area contributed by atoms with Crippen molar-refractivity contribution in [3.63, 3.8) is 0 Å². The van der Waals surface area contributed by atoms with Crippen LogP contribution in [0.2, 0.25) is 0 Å². The van der Waals surface area contributed by atoms with E-state index in [-0.39, 0.29) is 12.1 Å². The van der Waals surface area contributed by atoms with Gasteiger partial charge in [0.1, 0.15) is 0 Å². The van der Waals surface area contributed by atoms with Gasteiger partial charge in [-0.15, -0.1) is 0 Å². The molecule has 1 aromatic heterocycles. The van der Waals surface area contributed by atoms with E-state index < -0.39 is 23.0 Å². The third-order valence-corrected chi connectivity index (χ3v) is 5.32. The third kappa shape index (κ3) is 5.04. The number of hydrogen-bond acceptors (Lipinski definition) is 7. The van der Waals surface area contributed by atoms with Gasteiger partial charge >= 0.3 is 0 Å². The second kappa shape index (κ2) is 8.94. The molecule has 1 aliphatic heterocycles. The third-order valence-electron chi connectivity index (χ3n) is 5.32. The minimum absolute atomic E-state index is 0.0623. The molecule has 1 atom stereocenters. The van der Waals surface area contributed by atoms with Crippen molar-refractivity contribution in [2.24, 2.45) is 5.73 Å². The van der Waals surface area contributed by atoms with Crippen LogP contribution in [0.1, 0.15) is 36.3 Å². The topological polar surface area (TPSA) is 131 Å². The summed E-state index contributed by atoms with van der Waals surface area (Å²) in [6.07, 6.45) is 1.76. The molecule has 0 aliphatic carbocycles. The lowest BCUT2D eigenvalue weighted by Gasteiger charge is -2.24. The Bertz CT molecular complexity index is 1110. The highest BCUT2D eigenvalue weighted by Gasteiger charge is 2.42. The Kier molecular flexibility index (Phi) is 6.48. The van der Waals surface area contributed by atoms with E-state index in [9.17, 15) is 14.7 Å². The molecule has 2 amide bonds. The molecule has 3 rings (SSSR count). The number of likely N-dealkylation sites (tertiary alicyclic amines) is 1. The summed E-state index contributed by atoms with van der Waals surface area (Å²) < 4.78 is 5.37. The van der Waals surface area contributed by atoms with Crippen molar-refractivity contribution in [2.45, 2.75) is 31.5 Å². The van der Waals surface area contributed by atoms with Crippen molar-refractivity contribution in [1.82, 2.24) is 14.9 Å². The van der Waals surface area contributed by atoms with Gasteiger partial charge < -0.3 is 25.8 Å². The molecule has 2 aromatic rings. The van der Waals surface area contributed by atoms with Gasteiger partial charge in [-0.3, -0.25) is 9.59 Å². The first kappa shape index (κ1) is 23.2. The lowest BCUT2D eigenvalue weighted by molar-refractivity contribution is -0.137. The fourth-order valence-electron chi connectivity index (χ4n) is 3.10. The summed E-state index contributed by atoms with van der Waals surface area (Å²) in [7, 11) is 3.23. The molecule has 168 valence electrons. The molecule has 9 nitrogen and oxygen atoms in total. The van der Waals surface area contributed by atoms with Crippen LogP contribution < -0.4 is 11.1 Å². The molecule has 1 unspecified atom stereocenters. The van der Waals surface area contributed by atoms with Gasteiger partial charge in [-0.05, 0) is 26.0 Å². The summed E-state index contributed by atoms with van der Waals surface area (Å²) in [6.45, 7) is 4.68. The van der Waals surface area contributed by atoms with Gasteiger partial charge in [0.25, 0.3) is 11.8 Å². The number of benzene rings is 1. The molecular weight excluding hydrogens is 410 g/mol. The lowest BCUT2D eigenvalue weighted by atomic mass is 10.0. The number of carbonyl (C=O) groups is 2. The molecule has 0 bridgehead atoms. The first-order valence-electron chi connectivity index (χ1n) is 10.1. The van der Waals surface area contributed by atoms with Gasteiger partial charge in [0.05, 0.1) is 17.5 Å². The van der Waals surface area contributed by atoms with Gasteiger partial charge in [-0.25, -0.2) is 9.97 Å². The largest absolute Gasteiger partial charge is 0.379 e. The number of methoxy groups -OCH3 is 1. The second-order valence-electron chi connectivity index (χ2n) is 8.31. The van der Waals surface area contributed by atoms with Crippen LogP contribution in [0.4, 0.5) is 5.69 Å². The molecule has 32 heavy (non-hydrogen) atoms. The van der Waals surface area contributed by atoms with Crippen LogP contribution >= 0.6 is 0 Å². The zero-order chi connectivity index (χ0) is 23.5. The monoisotopic (exact) mass is 437 g/mol.